The first kappa shape index (κ1) is 14.9. The van der Waals surface area contributed by atoms with Gasteiger partial charge in [0, 0.05) is 12.6 Å². The number of ether oxygens (including phenoxy) is 1. The van der Waals surface area contributed by atoms with Gasteiger partial charge in [0.15, 0.2) is 5.78 Å². The van der Waals surface area contributed by atoms with E-state index in [2.05, 4.69) is 9.84 Å². The van der Waals surface area contributed by atoms with Gasteiger partial charge in [0.25, 0.3) is 0 Å². The van der Waals surface area contributed by atoms with E-state index in [9.17, 15) is 13.6 Å². The number of carbonyl (C=O) groups is 1. The molecule has 0 bridgehead atoms. The van der Waals surface area contributed by atoms with Crippen LogP contribution < -0.4 is 4.74 Å². The summed E-state index contributed by atoms with van der Waals surface area (Å²) in [5.74, 6) is -0.339. The Balaban J connectivity index is 2.15. The molecular formula is C15H14F2N2O2. The van der Waals surface area contributed by atoms with Crippen LogP contribution >= 0.6 is 0 Å². The van der Waals surface area contributed by atoms with Crippen molar-refractivity contribution in [1.82, 2.24) is 9.78 Å². The molecule has 1 heterocycles. The van der Waals surface area contributed by atoms with Crippen LogP contribution in [0, 0.1) is 6.92 Å². The Morgan fingerprint density at radius 3 is 2.76 bits per heavy atom. The summed E-state index contributed by atoms with van der Waals surface area (Å²) < 4.78 is 30.2. The number of nitrogens with zero attached hydrogens (tertiary/aromatic N) is 2. The lowest BCUT2D eigenvalue weighted by molar-refractivity contribution is -0.0498. The number of hydrogen-bond donors (Lipinski definition) is 0. The van der Waals surface area contributed by atoms with Crippen molar-refractivity contribution in [3.63, 3.8) is 0 Å². The summed E-state index contributed by atoms with van der Waals surface area (Å²) in [4.78, 5) is 12.0. The van der Waals surface area contributed by atoms with Crippen molar-refractivity contribution in [3.05, 3.63) is 53.4 Å². The lowest BCUT2D eigenvalue weighted by Gasteiger charge is -2.04. The lowest BCUT2D eigenvalue weighted by Crippen LogP contribution is -2.03. The standard InChI is InChI=1S/C15H14F2N2O2/c1-10-8-12(19(2)18-10)6-7-14(20)11-4-3-5-13(9-11)21-15(16)17/h3-9,15H,1-2H3/b7-6+. The zero-order valence-corrected chi connectivity index (χ0v) is 11.6. The zero-order chi connectivity index (χ0) is 15.4. The first-order valence-electron chi connectivity index (χ1n) is 6.23. The summed E-state index contributed by atoms with van der Waals surface area (Å²) in [6.45, 7) is -1.06. The Labute approximate surface area is 120 Å². The molecule has 0 fully saturated rings. The van der Waals surface area contributed by atoms with Gasteiger partial charge in [-0.05, 0) is 37.3 Å². The molecule has 21 heavy (non-hydrogen) atoms. The van der Waals surface area contributed by atoms with E-state index in [1.807, 2.05) is 13.0 Å². The molecule has 0 amide bonds. The van der Waals surface area contributed by atoms with Crippen LogP contribution in [0.5, 0.6) is 5.75 Å². The monoisotopic (exact) mass is 292 g/mol. The molecule has 0 radical (unpaired) electrons. The van der Waals surface area contributed by atoms with Gasteiger partial charge < -0.3 is 4.74 Å². The number of benzene rings is 1. The van der Waals surface area contributed by atoms with Crippen molar-refractivity contribution in [2.75, 3.05) is 0 Å². The van der Waals surface area contributed by atoms with Crippen LogP contribution in [0.1, 0.15) is 21.7 Å². The predicted molar refractivity (Wildman–Crippen MR) is 74.4 cm³/mol. The third-order valence-electron chi connectivity index (χ3n) is 2.79. The summed E-state index contributed by atoms with van der Waals surface area (Å²) >= 11 is 0. The fourth-order valence-corrected chi connectivity index (χ4v) is 1.87. The number of alkyl halides is 2. The fraction of sp³-hybridized carbons (Fsp3) is 0.200. The van der Waals surface area contributed by atoms with E-state index in [1.165, 1.54) is 24.3 Å². The smallest absolute Gasteiger partial charge is 0.387 e. The largest absolute Gasteiger partial charge is 0.435 e. The summed E-state index contributed by atoms with van der Waals surface area (Å²) in [6, 6.07) is 7.52. The SMILES string of the molecule is Cc1cc(/C=C/C(=O)c2cccc(OC(F)F)c2)n(C)n1. The second-order valence-electron chi connectivity index (χ2n) is 4.44. The minimum absolute atomic E-state index is 0.0411. The second-order valence-corrected chi connectivity index (χ2v) is 4.44. The number of aromatic nitrogens is 2. The number of aryl methyl sites for hydroxylation is 2. The van der Waals surface area contributed by atoms with Gasteiger partial charge in [-0.3, -0.25) is 9.48 Å². The van der Waals surface area contributed by atoms with Crippen molar-refractivity contribution >= 4 is 11.9 Å². The molecule has 6 heteroatoms. The van der Waals surface area contributed by atoms with Gasteiger partial charge in [0.2, 0.25) is 0 Å². The summed E-state index contributed by atoms with van der Waals surface area (Å²) in [5.41, 5.74) is 1.90. The maximum Gasteiger partial charge on any atom is 0.387 e. The molecule has 110 valence electrons. The minimum Gasteiger partial charge on any atom is -0.435 e. The van der Waals surface area contributed by atoms with Gasteiger partial charge in [-0.2, -0.15) is 13.9 Å². The van der Waals surface area contributed by atoms with Gasteiger partial charge in [-0.25, -0.2) is 0 Å². The number of halogens is 2. The van der Waals surface area contributed by atoms with Crippen LogP contribution in [0.2, 0.25) is 0 Å². The van der Waals surface area contributed by atoms with Gasteiger partial charge >= 0.3 is 6.61 Å². The lowest BCUT2D eigenvalue weighted by atomic mass is 10.1. The van der Waals surface area contributed by atoms with Gasteiger partial charge in [0.1, 0.15) is 5.75 Å². The van der Waals surface area contributed by atoms with Gasteiger partial charge in [0.05, 0.1) is 11.4 Å². The molecule has 1 aromatic heterocycles. The molecule has 0 atom stereocenters. The number of carbonyl (C=O) groups excluding carboxylic acids is 1. The van der Waals surface area contributed by atoms with Crippen LogP contribution in [0.3, 0.4) is 0 Å². The van der Waals surface area contributed by atoms with E-state index in [4.69, 9.17) is 0 Å². The van der Waals surface area contributed by atoms with Crippen LogP contribution in [0.25, 0.3) is 6.08 Å². The number of rotatable bonds is 5. The van der Waals surface area contributed by atoms with E-state index in [-0.39, 0.29) is 17.1 Å². The minimum atomic E-state index is -2.91. The van der Waals surface area contributed by atoms with E-state index in [0.29, 0.717) is 0 Å². The van der Waals surface area contributed by atoms with Crippen molar-refractivity contribution in [1.29, 1.82) is 0 Å². The molecule has 0 spiro atoms. The van der Waals surface area contributed by atoms with E-state index >= 15 is 0 Å². The summed E-state index contributed by atoms with van der Waals surface area (Å²) in [6.07, 6.45) is 3.00. The molecule has 2 aromatic rings. The van der Waals surface area contributed by atoms with Crippen LogP contribution in [-0.2, 0) is 7.05 Å². The Morgan fingerprint density at radius 2 is 2.14 bits per heavy atom. The zero-order valence-electron chi connectivity index (χ0n) is 11.6. The number of allylic oxidation sites excluding steroid dienone is 1. The van der Waals surface area contributed by atoms with Crippen LogP contribution in [-0.4, -0.2) is 22.2 Å². The molecule has 0 unspecified atom stereocenters. The van der Waals surface area contributed by atoms with Gasteiger partial charge in [-0.1, -0.05) is 12.1 Å². The maximum absolute atomic E-state index is 12.1. The second kappa shape index (κ2) is 6.30. The normalized spacial score (nSPS) is 11.3. The molecule has 0 aliphatic rings. The molecule has 1 aromatic carbocycles. The highest BCUT2D eigenvalue weighted by Crippen LogP contribution is 2.17. The Kier molecular flexibility index (Phi) is 4.47. The van der Waals surface area contributed by atoms with Crippen molar-refractivity contribution in [2.24, 2.45) is 7.05 Å². The highest BCUT2D eigenvalue weighted by Gasteiger charge is 2.08. The average molecular weight is 292 g/mol. The molecule has 0 N–H and O–H groups in total. The van der Waals surface area contributed by atoms with E-state index < -0.39 is 6.61 Å². The van der Waals surface area contributed by atoms with E-state index in [0.717, 1.165) is 11.4 Å². The van der Waals surface area contributed by atoms with Gasteiger partial charge in [-0.15, -0.1) is 0 Å². The first-order chi connectivity index (χ1) is 9.95. The molecule has 2 rings (SSSR count). The molecular weight excluding hydrogens is 278 g/mol. The predicted octanol–water partition coefficient (Wildman–Crippen LogP) is 3.23. The van der Waals surface area contributed by atoms with Crippen molar-refractivity contribution in [2.45, 2.75) is 13.5 Å². The number of ketones is 1. The molecule has 0 saturated carbocycles. The quantitative estimate of drug-likeness (QED) is 0.628. The summed E-state index contributed by atoms with van der Waals surface area (Å²) in [7, 11) is 1.77. The highest BCUT2D eigenvalue weighted by atomic mass is 19.3. The maximum atomic E-state index is 12.1. The fourth-order valence-electron chi connectivity index (χ4n) is 1.87. The Hall–Kier alpha value is -2.50. The molecule has 0 saturated heterocycles. The first-order valence-corrected chi connectivity index (χ1v) is 6.23. The van der Waals surface area contributed by atoms with Crippen LogP contribution in [0.4, 0.5) is 8.78 Å². The topological polar surface area (TPSA) is 44.1 Å². The molecule has 0 aliphatic heterocycles. The third kappa shape index (κ3) is 3.98. The average Bonchev–Trinajstić information content (AvgIpc) is 2.74. The Bertz CT molecular complexity index is 678. The number of hydrogen-bond acceptors (Lipinski definition) is 3. The molecule has 0 aliphatic carbocycles. The third-order valence-corrected chi connectivity index (χ3v) is 2.79. The Morgan fingerprint density at radius 1 is 1.38 bits per heavy atom. The summed E-state index contributed by atoms with van der Waals surface area (Å²) in [5, 5.41) is 4.16. The van der Waals surface area contributed by atoms with Crippen molar-refractivity contribution in [3.8, 4) is 5.75 Å². The van der Waals surface area contributed by atoms with Crippen LogP contribution in [0.15, 0.2) is 36.4 Å². The van der Waals surface area contributed by atoms with Crippen molar-refractivity contribution < 1.29 is 18.3 Å². The molecule has 4 nitrogen and oxygen atoms in total. The highest BCUT2D eigenvalue weighted by molar-refractivity contribution is 6.06. The van der Waals surface area contributed by atoms with E-state index in [1.54, 1.807) is 23.9 Å².